The fourth-order valence-electron chi connectivity index (χ4n) is 2.29. The molecule has 3 amide bonds. The van der Waals surface area contributed by atoms with Crippen molar-refractivity contribution in [1.29, 1.82) is 0 Å². The van der Waals surface area contributed by atoms with Crippen molar-refractivity contribution < 1.29 is 9.59 Å². The zero-order valence-electron chi connectivity index (χ0n) is 10.8. The molecule has 1 aromatic rings. The van der Waals surface area contributed by atoms with Crippen LogP contribution in [0.3, 0.4) is 0 Å². The average Bonchev–Trinajstić information content (AvgIpc) is 2.36. The third-order valence-corrected chi connectivity index (χ3v) is 3.30. The van der Waals surface area contributed by atoms with Gasteiger partial charge in [0, 0.05) is 19.0 Å². The first kappa shape index (κ1) is 12.6. The average molecular weight is 246 g/mol. The van der Waals surface area contributed by atoms with Gasteiger partial charge in [-0.3, -0.25) is 9.69 Å². The van der Waals surface area contributed by atoms with E-state index in [4.69, 9.17) is 0 Å². The van der Waals surface area contributed by atoms with Gasteiger partial charge in [-0.05, 0) is 19.4 Å². The molecule has 18 heavy (non-hydrogen) atoms. The molecule has 1 atom stereocenters. The van der Waals surface area contributed by atoms with Crippen LogP contribution in [0.1, 0.15) is 25.8 Å². The van der Waals surface area contributed by atoms with Gasteiger partial charge in [0.25, 0.3) is 0 Å². The molecule has 1 aromatic carbocycles. The van der Waals surface area contributed by atoms with E-state index < -0.39 is 0 Å². The lowest BCUT2D eigenvalue weighted by Gasteiger charge is -2.38. The van der Waals surface area contributed by atoms with E-state index in [2.05, 4.69) is 0 Å². The molecule has 1 heterocycles. The van der Waals surface area contributed by atoms with Gasteiger partial charge in [-0.1, -0.05) is 30.3 Å². The lowest BCUT2D eigenvalue weighted by Crippen LogP contribution is -2.55. The van der Waals surface area contributed by atoms with Crippen LogP contribution in [0.4, 0.5) is 4.79 Å². The normalized spacial score (nSPS) is 20.4. The van der Waals surface area contributed by atoms with Crippen LogP contribution in [0, 0.1) is 0 Å². The standard InChI is InChI=1S/C14H18N2O2/c1-3-15-11(2)9-13(17)16(14(15)18)10-12-7-5-4-6-8-12/h4-8,11H,3,9-10H2,1-2H3. The number of benzene rings is 1. The van der Waals surface area contributed by atoms with E-state index in [0.29, 0.717) is 19.5 Å². The van der Waals surface area contributed by atoms with E-state index in [0.717, 1.165) is 5.56 Å². The fourth-order valence-corrected chi connectivity index (χ4v) is 2.29. The number of rotatable bonds is 3. The Morgan fingerprint density at radius 2 is 1.89 bits per heavy atom. The molecule has 0 radical (unpaired) electrons. The zero-order chi connectivity index (χ0) is 13.1. The van der Waals surface area contributed by atoms with Crippen LogP contribution in [0.15, 0.2) is 30.3 Å². The highest BCUT2D eigenvalue weighted by molar-refractivity contribution is 5.97. The van der Waals surface area contributed by atoms with Crippen LogP contribution in [0.25, 0.3) is 0 Å². The minimum atomic E-state index is -0.176. The Bertz CT molecular complexity index is 444. The van der Waals surface area contributed by atoms with Crippen molar-refractivity contribution in [2.75, 3.05) is 6.54 Å². The maximum absolute atomic E-state index is 12.2. The number of amides is 3. The Balaban J connectivity index is 2.16. The Morgan fingerprint density at radius 1 is 1.22 bits per heavy atom. The summed E-state index contributed by atoms with van der Waals surface area (Å²) in [4.78, 5) is 27.3. The highest BCUT2D eigenvalue weighted by Gasteiger charge is 2.35. The maximum atomic E-state index is 12.2. The predicted molar refractivity (Wildman–Crippen MR) is 68.8 cm³/mol. The SMILES string of the molecule is CCN1C(=O)N(Cc2ccccc2)C(=O)CC1C. The fraction of sp³-hybridized carbons (Fsp3) is 0.429. The minimum Gasteiger partial charge on any atom is -0.321 e. The Kier molecular flexibility index (Phi) is 3.65. The highest BCUT2D eigenvalue weighted by atomic mass is 16.2. The summed E-state index contributed by atoms with van der Waals surface area (Å²) < 4.78 is 0. The van der Waals surface area contributed by atoms with Crippen molar-refractivity contribution >= 4 is 11.9 Å². The molecule has 4 nitrogen and oxygen atoms in total. The summed E-state index contributed by atoms with van der Waals surface area (Å²) in [5.41, 5.74) is 0.977. The van der Waals surface area contributed by atoms with Crippen LogP contribution in [0.5, 0.6) is 0 Å². The maximum Gasteiger partial charge on any atom is 0.327 e. The van der Waals surface area contributed by atoms with Gasteiger partial charge < -0.3 is 4.90 Å². The number of urea groups is 1. The van der Waals surface area contributed by atoms with Crippen LogP contribution < -0.4 is 0 Å². The quantitative estimate of drug-likeness (QED) is 0.820. The van der Waals surface area contributed by atoms with Gasteiger partial charge in [-0.15, -0.1) is 0 Å². The molecule has 1 saturated heterocycles. The third-order valence-electron chi connectivity index (χ3n) is 3.30. The number of hydrogen-bond donors (Lipinski definition) is 0. The Labute approximate surface area is 107 Å². The monoisotopic (exact) mass is 246 g/mol. The van der Waals surface area contributed by atoms with Crippen molar-refractivity contribution in [1.82, 2.24) is 9.80 Å². The van der Waals surface area contributed by atoms with Crippen molar-refractivity contribution in [2.45, 2.75) is 32.9 Å². The van der Waals surface area contributed by atoms with E-state index in [1.807, 2.05) is 44.2 Å². The number of nitrogens with zero attached hydrogens (tertiary/aromatic N) is 2. The molecule has 1 aliphatic rings. The number of carbonyl (C=O) groups excluding carboxylic acids is 2. The second-order valence-electron chi connectivity index (χ2n) is 4.59. The van der Waals surface area contributed by atoms with Crippen molar-refractivity contribution in [3.05, 3.63) is 35.9 Å². The molecule has 0 N–H and O–H groups in total. The van der Waals surface area contributed by atoms with Gasteiger partial charge in [0.05, 0.1) is 6.54 Å². The predicted octanol–water partition coefficient (Wildman–Crippen LogP) is 2.25. The van der Waals surface area contributed by atoms with E-state index >= 15 is 0 Å². The molecule has 1 unspecified atom stereocenters. The highest BCUT2D eigenvalue weighted by Crippen LogP contribution is 2.19. The molecular formula is C14H18N2O2. The van der Waals surface area contributed by atoms with E-state index in [1.165, 1.54) is 4.90 Å². The van der Waals surface area contributed by atoms with Gasteiger partial charge in [0.1, 0.15) is 0 Å². The molecule has 0 aliphatic carbocycles. The van der Waals surface area contributed by atoms with Gasteiger partial charge >= 0.3 is 6.03 Å². The van der Waals surface area contributed by atoms with Crippen LogP contribution in [-0.4, -0.2) is 34.3 Å². The Morgan fingerprint density at radius 3 is 2.50 bits per heavy atom. The molecule has 0 aromatic heterocycles. The van der Waals surface area contributed by atoms with Gasteiger partial charge in [0.15, 0.2) is 0 Å². The van der Waals surface area contributed by atoms with Crippen molar-refractivity contribution in [2.24, 2.45) is 0 Å². The number of carbonyl (C=O) groups is 2. The first-order valence-corrected chi connectivity index (χ1v) is 6.28. The minimum absolute atomic E-state index is 0.00187. The van der Waals surface area contributed by atoms with Gasteiger partial charge in [-0.25, -0.2) is 4.79 Å². The largest absolute Gasteiger partial charge is 0.327 e. The smallest absolute Gasteiger partial charge is 0.321 e. The number of hydrogen-bond acceptors (Lipinski definition) is 2. The lowest BCUT2D eigenvalue weighted by molar-refractivity contribution is -0.132. The molecule has 0 saturated carbocycles. The molecule has 0 spiro atoms. The van der Waals surface area contributed by atoms with Crippen molar-refractivity contribution in [3.63, 3.8) is 0 Å². The topological polar surface area (TPSA) is 40.6 Å². The summed E-state index contributed by atoms with van der Waals surface area (Å²) in [7, 11) is 0. The van der Waals surface area contributed by atoms with Crippen LogP contribution in [0.2, 0.25) is 0 Å². The first-order chi connectivity index (χ1) is 8.63. The van der Waals surface area contributed by atoms with Crippen LogP contribution in [-0.2, 0) is 11.3 Å². The van der Waals surface area contributed by atoms with Crippen molar-refractivity contribution in [3.8, 4) is 0 Å². The third kappa shape index (κ3) is 2.37. The molecular weight excluding hydrogens is 228 g/mol. The second-order valence-corrected chi connectivity index (χ2v) is 4.59. The second kappa shape index (κ2) is 5.21. The van der Waals surface area contributed by atoms with Crippen LogP contribution >= 0.6 is 0 Å². The summed E-state index contributed by atoms with van der Waals surface area (Å²) in [6, 6.07) is 9.42. The first-order valence-electron chi connectivity index (χ1n) is 6.28. The molecule has 1 aliphatic heterocycles. The van der Waals surface area contributed by atoms with Gasteiger partial charge in [-0.2, -0.15) is 0 Å². The molecule has 2 rings (SSSR count). The summed E-state index contributed by atoms with van der Waals surface area (Å²) >= 11 is 0. The van der Waals surface area contributed by atoms with E-state index in [9.17, 15) is 9.59 Å². The molecule has 4 heteroatoms. The summed E-state index contributed by atoms with van der Waals surface area (Å²) in [5, 5.41) is 0. The molecule has 96 valence electrons. The zero-order valence-corrected chi connectivity index (χ0v) is 10.8. The van der Waals surface area contributed by atoms with E-state index in [-0.39, 0.29) is 18.0 Å². The molecule has 0 bridgehead atoms. The van der Waals surface area contributed by atoms with Gasteiger partial charge in [0.2, 0.25) is 5.91 Å². The summed E-state index contributed by atoms with van der Waals surface area (Å²) in [6.07, 6.45) is 0.409. The lowest BCUT2D eigenvalue weighted by atomic mass is 10.1. The summed E-state index contributed by atoms with van der Waals surface area (Å²) in [5.74, 6) is -0.0824. The summed E-state index contributed by atoms with van der Waals surface area (Å²) in [6.45, 7) is 4.85. The Hall–Kier alpha value is -1.84. The van der Waals surface area contributed by atoms with E-state index in [1.54, 1.807) is 4.90 Å². The molecule has 1 fully saturated rings. The number of imide groups is 1.